The molecule has 0 atom stereocenters. The lowest BCUT2D eigenvalue weighted by Crippen LogP contribution is -2.12. The molecule has 0 saturated carbocycles. The highest BCUT2D eigenvalue weighted by atomic mass is 15.5. The number of benzene rings is 6. The van der Waals surface area contributed by atoms with Crippen LogP contribution in [0.4, 0.5) is 34.1 Å². The SMILES string of the molecule is C=C(C)N(/N=C/C=C/c1ccc(N(c2ccccc2)c2ccc(/C=C/C=N/N(c3ccccc3)c3ccccc3)cc2)cc1)c1ccccc1. The van der Waals surface area contributed by atoms with Crippen LogP contribution in [0.3, 0.4) is 0 Å². The summed E-state index contributed by atoms with van der Waals surface area (Å²) < 4.78 is 0. The van der Waals surface area contributed by atoms with Crippen molar-refractivity contribution in [3.63, 3.8) is 0 Å². The van der Waals surface area contributed by atoms with Crippen molar-refractivity contribution in [2.45, 2.75) is 6.92 Å². The van der Waals surface area contributed by atoms with Crippen molar-refractivity contribution < 1.29 is 0 Å². The van der Waals surface area contributed by atoms with E-state index in [0.29, 0.717) is 0 Å². The molecule has 6 aromatic rings. The van der Waals surface area contributed by atoms with Gasteiger partial charge in [0.1, 0.15) is 0 Å². The molecule has 0 unspecified atom stereocenters. The smallest absolute Gasteiger partial charge is 0.0652 e. The van der Waals surface area contributed by atoms with Crippen LogP contribution in [0.25, 0.3) is 12.2 Å². The van der Waals surface area contributed by atoms with Gasteiger partial charge < -0.3 is 4.90 Å². The molecule has 0 fully saturated rings. The molecule has 0 aliphatic rings. The molecule has 0 aliphatic heterocycles. The van der Waals surface area contributed by atoms with Crippen LogP contribution in [-0.4, -0.2) is 12.4 Å². The molecule has 0 bridgehead atoms. The van der Waals surface area contributed by atoms with Crippen molar-refractivity contribution in [3.05, 3.63) is 205 Å². The highest BCUT2D eigenvalue weighted by Crippen LogP contribution is 2.34. The summed E-state index contributed by atoms with van der Waals surface area (Å²) in [6, 6.07) is 57.8. The first-order valence-electron chi connectivity index (χ1n) is 16.5. The standard InChI is InChI=1S/C45H39N5/c1-37(2)49(43-21-9-4-10-22-43)46-35-15-17-38-27-31-41(32-28-38)48(40-19-7-3-8-20-40)42-33-29-39(30-34-42)18-16-36-47-50(44-23-11-5-12-24-44)45-25-13-6-14-26-45/h3-36H,1H2,2H3/b17-15+,18-16+,46-35+,47-36+. The molecule has 0 amide bonds. The number of hydrogen-bond acceptors (Lipinski definition) is 5. The molecule has 0 radical (unpaired) electrons. The predicted molar refractivity (Wildman–Crippen MR) is 215 cm³/mol. The second kappa shape index (κ2) is 16.9. The summed E-state index contributed by atoms with van der Waals surface area (Å²) in [6.45, 7) is 6.01. The van der Waals surface area contributed by atoms with E-state index in [1.807, 2.05) is 114 Å². The van der Waals surface area contributed by atoms with Gasteiger partial charge in [-0.05, 0) is 103 Å². The quantitative estimate of drug-likeness (QED) is 0.0922. The zero-order valence-electron chi connectivity index (χ0n) is 28.1. The largest absolute Gasteiger partial charge is 0.311 e. The molecule has 6 rings (SSSR count). The van der Waals surface area contributed by atoms with Crippen LogP contribution in [0.5, 0.6) is 0 Å². The lowest BCUT2D eigenvalue weighted by molar-refractivity contribution is 1.01. The summed E-state index contributed by atoms with van der Waals surface area (Å²) in [4.78, 5) is 2.26. The van der Waals surface area contributed by atoms with Gasteiger partial charge in [-0.3, -0.25) is 0 Å². The van der Waals surface area contributed by atoms with Crippen LogP contribution in [-0.2, 0) is 0 Å². The highest BCUT2D eigenvalue weighted by Gasteiger charge is 2.12. The van der Waals surface area contributed by atoms with E-state index in [0.717, 1.165) is 50.9 Å². The van der Waals surface area contributed by atoms with Gasteiger partial charge in [0.25, 0.3) is 0 Å². The summed E-state index contributed by atoms with van der Waals surface area (Å²) >= 11 is 0. The fourth-order valence-corrected chi connectivity index (χ4v) is 5.39. The van der Waals surface area contributed by atoms with E-state index in [1.54, 1.807) is 6.21 Å². The van der Waals surface area contributed by atoms with E-state index in [1.165, 1.54) is 0 Å². The molecule has 50 heavy (non-hydrogen) atoms. The van der Waals surface area contributed by atoms with Gasteiger partial charge in [-0.15, -0.1) is 0 Å². The first-order valence-corrected chi connectivity index (χ1v) is 16.5. The average molecular weight is 650 g/mol. The van der Waals surface area contributed by atoms with Gasteiger partial charge in [0.2, 0.25) is 0 Å². The molecule has 244 valence electrons. The molecule has 0 aromatic heterocycles. The minimum atomic E-state index is 0.845. The predicted octanol–water partition coefficient (Wildman–Crippen LogP) is 12.0. The number of nitrogens with zero attached hydrogens (tertiary/aromatic N) is 5. The fraction of sp³-hybridized carbons (Fsp3) is 0.0222. The van der Waals surface area contributed by atoms with Gasteiger partial charge in [-0.1, -0.05) is 116 Å². The van der Waals surface area contributed by atoms with Crippen LogP contribution in [0.2, 0.25) is 0 Å². The Labute approximate surface area is 295 Å². The number of hydrazone groups is 2. The lowest BCUT2D eigenvalue weighted by atomic mass is 10.1. The first kappa shape index (κ1) is 33.2. The van der Waals surface area contributed by atoms with Crippen LogP contribution in [0.15, 0.2) is 204 Å². The van der Waals surface area contributed by atoms with Gasteiger partial charge in [0, 0.05) is 35.2 Å². The van der Waals surface area contributed by atoms with Gasteiger partial charge in [-0.25, -0.2) is 10.0 Å². The molecule has 0 N–H and O–H groups in total. The second-order valence-corrected chi connectivity index (χ2v) is 11.5. The van der Waals surface area contributed by atoms with E-state index in [2.05, 4.69) is 120 Å². The van der Waals surface area contributed by atoms with Gasteiger partial charge in [0.15, 0.2) is 0 Å². The monoisotopic (exact) mass is 649 g/mol. The summed E-state index contributed by atoms with van der Waals surface area (Å²) in [5.74, 6) is 0. The summed E-state index contributed by atoms with van der Waals surface area (Å²) in [7, 11) is 0. The minimum absolute atomic E-state index is 0.845. The van der Waals surface area contributed by atoms with E-state index >= 15 is 0 Å². The Kier molecular flexibility index (Phi) is 11.2. The maximum atomic E-state index is 4.76. The topological polar surface area (TPSA) is 34.4 Å². The Morgan fingerprint density at radius 1 is 0.440 bits per heavy atom. The van der Waals surface area contributed by atoms with Gasteiger partial charge >= 0.3 is 0 Å². The molecule has 0 heterocycles. The number of rotatable bonds is 13. The Balaban J connectivity index is 1.16. The van der Waals surface area contributed by atoms with Crippen molar-refractivity contribution in [2.24, 2.45) is 10.2 Å². The van der Waals surface area contributed by atoms with Gasteiger partial charge in [0.05, 0.1) is 17.1 Å². The van der Waals surface area contributed by atoms with Crippen molar-refractivity contribution in [1.29, 1.82) is 0 Å². The third kappa shape index (κ3) is 8.79. The van der Waals surface area contributed by atoms with Crippen molar-refractivity contribution >= 4 is 58.7 Å². The summed E-state index contributed by atoms with van der Waals surface area (Å²) in [6.07, 6.45) is 11.6. The van der Waals surface area contributed by atoms with E-state index in [-0.39, 0.29) is 0 Å². The van der Waals surface area contributed by atoms with E-state index < -0.39 is 0 Å². The normalized spacial score (nSPS) is 11.5. The zero-order chi connectivity index (χ0) is 34.4. The van der Waals surface area contributed by atoms with Crippen LogP contribution in [0.1, 0.15) is 18.1 Å². The number of hydrogen-bond donors (Lipinski definition) is 0. The van der Waals surface area contributed by atoms with Crippen molar-refractivity contribution in [3.8, 4) is 0 Å². The minimum Gasteiger partial charge on any atom is -0.311 e. The maximum absolute atomic E-state index is 4.76. The molecule has 0 spiro atoms. The molecule has 6 aromatic carbocycles. The summed E-state index contributed by atoms with van der Waals surface area (Å²) in [5, 5.41) is 13.1. The highest BCUT2D eigenvalue weighted by molar-refractivity contribution is 5.83. The molecule has 0 aliphatic carbocycles. The van der Waals surface area contributed by atoms with Gasteiger partial charge in [-0.2, -0.15) is 10.2 Å². The number of para-hydroxylation sites is 4. The molecule has 5 nitrogen and oxygen atoms in total. The van der Waals surface area contributed by atoms with Crippen LogP contribution in [0, 0.1) is 0 Å². The summed E-state index contributed by atoms with van der Waals surface area (Å²) in [5.41, 5.74) is 9.20. The van der Waals surface area contributed by atoms with E-state index in [4.69, 9.17) is 5.10 Å². The van der Waals surface area contributed by atoms with Crippen LogP contribution < -0.4 is 14.9 Å². The van der Waals surface area contributed by atoms with E-state index in [9.17, 15) is 0 Å². The average Bonchev–Trinajstić information content (AvgIpc) is 3.17. The molecule has 5 heteroatoms. The molecular formula is C45H39N5. The number of anilines is 6. The molecular weight excluding hydrogens is 611 g/mol. The van der Waals surface area contributed by atoms with Crippen molar-refractivity contribution in [2.75, 3.05) is 14.9 Å². The second-order valence-electron chi connectivity index (χ2n) is 11.5. The maximum Gasteiger partial charge on any atom is 0.0652 e. The third-order valence-electron chi connectivity index (χ3n) is 7.79. The Morgan fingerprint density at radius 3 is 1.22 bits per heavy atom. The Morgan fingerprint density at radius 2 is 0.800 bits per heavy atom. The number of allylic oxidation sites excluding steroid dienone is 3. The lowest BCUT2D eigenvalue weighted by Gasteiger charge is -2.25. The fourth-order valence-electron chi connectivity index (χ4n) is 5.39. The Bertz CT molecular complexity index is 2010. The van der Waals surface area contributed by atoms with Crippen LogP contribution >= 0.6 is 0 Å². The Hall–Kier alpha value is -6.72. The zero-order valence-corrected chi connectivity index (χ0v) is 28.1. The first-order chi connectivity index (χ1) is 24.7. The molecule has 0 saturated heterocycles. The third-order valence-corrected chi connectivity index (χ3v) is 7.79. The van der Waals surface area contributed by atoms with Crippen molar-refractivity contribution in [1.82, 2.24) is 0 Å².